The van der Waals surface area contributed by atoms with Crippen LogP contribution >= 0.6 is 12.2 Å². The zero-order valence-electron chi connectivity index (χ0n) is 18.1. The molecule has 6 nitrogen and oxygen atoms in total. The third-order valence-electron chi connectivity index (χ3n) is 4.85. The van der Waals surface area contributed by atoms with Crippen LogP contribution in [-0.4, -0.2) is 31.4 Å². The molecule has 0 amide bonds. The lowest BCUT2D eigenvalue weighted by atomic mass is 9.94. The second kappa shape index (κ2) is 9.34. The number of thiocarbonyl (C=S) groups is 1. The van der Waals surface area contributed by atoms with E-state index in [0.29, 0.717) is 39.1 Å². The van der Waals surface area contributed by atoms with Gasteiger partial charge < -0.3 is 19.5 Å². The van der Waals surface area contributed by atoms with Gasteiger partial charge >= 0.3 is 5.97 Å². The summed E-state index contributed by atoms with van der Waals surface area (Å²) in [5.41, 5.74) is 2.18. The lowest BCUT2D eigenvalue weighted by Crippen LogP contribution is -2.48. The molecule has 0 fully saturated rings. The zero-order valence-corrected chi connectivity index (χ0v) is 18.9. The van der Waals surface area contributed by atoms with Crippen molar-refractivity contribution in [3.05, 3.63) is 65.1 Å². The molecule has 0 aromatic heterocycles. The van der Waals surface area contributed by atoms with Crippen LogP contribution in [0.2, 0.25) is 0 Å². The van der Waals surface area contributed by atoms with Crippen LogP contribution in [0, 0.1) is 5.82 Å². The average molecular weight is 445 g/mol. The highest BCUT2D eigenvalue weighted by Crippen LogP contribution is 2.38. The number of benzene rings is 2. The Kier molecular flexibility index (Phi) is 6.80. The molecule has 2 aromatic carbocycles. The first-order chi connectivity index (χ1) is 14.8. The van der Waals surface area contributed by atoms with Crippen molar-refractivity contribution in [3.8, 4) is 11.5 Å². The van der Waals surface area contributed by atoms with Crippen LogP contribution in [0.4, 0.5) is 10.1 Å². The van der Waals surface area contributed by atoms with Crippen LogP contribution in [0.15, 0.2) is 53.7 Å². The lowest BCUT2D eigenvalue weighted by molar-refractivity contribution is -0.143. The number of nitrogens with zero attached hydrogens (tertiary/aromatic N) is 1. The van der Waals surface area contributed by atoms with Gasteiger partial charge in [0.25, 0.3) is 0 Å². The number of nitrogens with one attached hydrogen (secondary N) is 1. The molecule has 1 unspecified atom stereocenters. The van der Waals surface area contributed by atoms with E-state index in [2.05, 4.69) is 5.32 Å². The number of esters is 1. The summed E-state index contributed by atoms with van der Waals surface area (Å²) >= 11 is 5.63. The van der Waals surface area contributed by atoms with Crippen molar-refractivity contribution in [2.24, 2.45) is 0 Å². The molecule has 1 atom stereocenters. The van der Waals surface area contributed by atoms with Gasteiger partial charge in [-0.05, 0) is 62.8 Å². The van der Waals surface area contributed by atoms with Crippen molar-refractivity contribution < 1.29 is 23.4 Å². The summed E-state index contributed by atoms with van der Waals surface area (Å²) in [4.78, 5) is 14.8. The summed E-state index contributed by atoms with van der Waals surface area (Å²) in [6.45, 7) is 5.34. The summed E-state index contributed by atoms with van der Waals surface area (Å²) in [5.74, 6) is 0.194. The van der Waals surface area contributed by atoms with E-state index in [1.54, 1.807) is 64.2 Å². The first kappa shape index (κ1) is 22.6. The first-order valence-corrected chi connectivity index (χ1v) is 10.2. The van der Waals surface area contributed by atoms with E-state index in [1.165, 1.54) is 12.1 Å². The van der Waals surface area contributed by atoms with E-state index in [4.69, 9.17) is 26.4 Å². The van der Waals surface area contributed by atoms with Crippen LogP contribution < -0.4 is 19.7 Å². The SMILES string of the molecule is COc1ccc(N2C(=S)NC(c3cccc(F)c3)C(C(=O)OC(C)C)=C2C)cc1OC. The summed E-state index contributed by atoms with van der Waals surface area (Å²) in [6.07, 6.45) is -0.315. The summed E-state index contributed by atoms with van der Waals surface area (Å²) in [6, 6.07) is 10.8. The molecule has 0 saturated carbocycles. The number of halogens is 1. The van der Waals surface area contributed by atoms with Gasteiger partial charge in [-0.3, -0.25) is 4.90 Å². The van der Waals surface area contributed by atoms with Crippen molar-refractivity contribution in [2.75, 3.05) is 19.1 Å². The van der Waals surface area contributed by atoms with Gasteiger partial charge in [-0.25, -0.2) is 9.18 Å². The number of rotatable bonds is 6. The van der Waals surface area contributed by atoms with E-state index in [1.807, 2.05) is 6.07 Å². The Morgan fingerprint density at radius 2 is 1.84 bits per heavy atom. The Labute approximate surface area is 186 Å². The lowest BCUT2D eigenvalue weighted by Gasteiger charge is -2.37. The van der Waals surface area contributed by atoms with E-state index in [-0.39, 0.29) is 6.10 Å². The number of hydrogen-bond donors (Lipinski definition) is 1. The Morgan fingerprint density at radius 3 is 2.45 bits per heavy atom. The predicted molar refractivity (Wildman–Crippen MR) is 121 cm³/mol. The third-order valence-corrected chi connectivity index (χ3v) is 5.16. The van der Waals surface area contributed by atoms with Gasteiger partial charge in [0, 0.05) is 11.8 Å². The number of ether oxygens (including phenoxy) is 3. The minimum Gasteiger partial charge on any atom is -0.493 e. The van der Waals surface area contributed by atoms with E-state index in [9.17, 15) is 9.18 Å². The highest BCUT2D eigenvalue weighted by molar-refractivity contribution is 7.80. The minimum absolute atomic E-state index is 0.315. The van der Waals surface area contributed by atoms with Crippen molar-refractivity contribution in [3.63, 3.8) is 0 Å². The molecule has 164 valence electrons. The van der Waals surface area contributed by atoms with Crippen LogP contribution in [-0.2, 0) is 9.53 Å². The zero-order chi connectivity index (χ0) is 22.7. The number of methoxy groups -OCH3 is 2. The Morgan fingerprint density at radius 1 is 1.13 bits per heavy atom. The Balaban J connectivity index is 2.15. The Bertz CT molecular complexity index is 1040. The van der Waals surface area contributed by atoms with Gasteiger partial charge in [-0.2, -0.15) is 0 Å². The molecular weight excluding hydrogens is 419 g/mol. The fraction of sp³-hybridized carbons (Fsp3) is 0.304. The standard InChI is InChI=1S/C23H25FN2O4S/c1-13(2)30-22(27)20-14(3)26(17-9-10-18(28-4)19(12-17)29-5)23(31)25-21(20)15-7-6-8-16(24)11-15/h6-13,21H,1-5H3,(H,25,31). The van der Waals surface area contributed by atoms with Gasteiger partial charge in [0.05, 0.1) is 37.6 Å². The topological polar surface area (TPSA) is 60.0 Å². The highest BCUT2D eigenvalue weighted by atomic mass is 32.1. The second-order valence-electron chi connectivity index (χ2n) is 7.27. The minimum atomic E-state index is -0.647. The third kappa shape index (κ3) is 4.64. The monoisotopic (exact) mass is 444 g/mol. The molecule has 0 bridgehead atoms. The van der Waals surface area contributed by atoms with E-state index in [0.717, 1.165) is 0 Å². The Hall–Kier alpha value is -3.13. The quantitative estimate of drug-likeness (QED) is 0.520. The summed E-state index contributed by atoms with van der Waals surface area (Å²) < 4.78 is 30.1. The van der Waals surface area contributed by atoms with Crippen molar-refractivity contribution in [2.45, 2.75) is 32.9 Å². The molecular formula is C23H25FN2O4S. The predicted octanol–water partition coefficient (Wildman–Crippen LogP) is 4.50. The molecule has 1 heterocycles. The number of anilines is 1. The molecule has 1 N–H and O–H groups in total. The number of hydrogen-bond acceptors (Lipinski definition) is 5. The molecule has 0 aliphatic carbocycles. The van der Waals surface area contributed by atoms with E-state index >= 15 is 0 Å². The maximum absolute atomic E-state index is 13.9. The highest BCUT2D eigenvalue weighted by Gasteiger charge is 2.36. The number of carbonyl (C=O) groups excluding carboxylic acids is 1. The van der Waals surface area contributed by atoms with Gasteiger partial charge in [-0.1, -0.05) is 12.1 Å². The summed E-state index contributed by atoms with van der Waals surface area (Å²) in [7, 11) is 3.10. The number of allylic oxidation sites excluding steroid dienone is 1. The fourth-order valence-corrected chi connectivity index (χ4v) is 3.86. The fourth-order valence-electron chi connectivity index (χ4n) is 3.50. The largest absolute Gasteiger partial charge is 0.493 e. The van der Waals surface area contributed by atoms with Gasteiger partial charge in [0.2, 0.25) is 0 Å². The van der Waals surface area contributed by atoms with Crippen LogP contribution in [0.25, 0.3) is 0 Å². The maximum atomic E-state index is 13.9. The summed E-state index contributed by atoms with van der Waals surface area (Å²) in [5, 5.41) is 3.53. The van der Waals surface area contributed by atoms with Crippen molar-refractivity contribution >= 4 is 29.0 Å². The normalized spacial score (nSPS) is 16.3. The molecule has 1 aliphatic heterocycles. The number of carbonyl (C=O) groups is 1. The van der Waals surface area contributed by atoms with Gasteiger partial charge in [-0.15, -0.1) is 0 Å². The molecule has 8 heteroatoms. The molecule has 0 saturated heterocycles. The van der Waals surface area contributed by atoms with Gasteiger partial charge in [0.15, 0.2) is 16.6 Å². The second-order valence-corrected chi connectivity index (χ2v) is 7.65. The molecule has 1 aliphatic rings. The van der Waals surface area contributed by atoms with Crippen LogP contribution in [0.5, 0.6) is 11.5 Å². The molecule has 31 heavy (non-hydrogen) atoms. The molecule has 0 spiro atoms. The van der Waals surface area contributed by atoms with Crippen LogP contribution in [0.3, 0.4) is 0 Å². The van der Waals surface area contributed by atoms with E-state index < -0.39 is 17.8 Å². The maximum Gasteiger partial charge on any atom is 0.338 e. The first-order valence-electron chi connectivity index (χ1n) is 9.76. The smallest absolute Gasteiger partial charge is 0.338 e. The van der Waals surface area contributed by atoms with Gasteiger partial charge in [0.1, 0.15) is 5.82 Å². The van der Waals surface area contributed by atoms with Crippen molar-refractivity contribution in [1.29, 1.82) is 0 Å². The average Bonchev–Trinajstić information content (AvgIpc) is 2.72. The molecule has 2 aromatic rings. The molecule has 0 radical (unpaired) electrons. The van der Waals surface area contributed by atoms with Crippen molar-refractivity contribution in [1.82, 2.24) is 5.32 Å². The molecule has 3 rings (SSSR count). The van der Waals surface area contributed by atoms with Crippen LogP contribution in [0.1, 0.15) is 32.4 Å².